The molecule has 0 aromatic carbocycles. The Balaban J connectivity index is 1.78. The molecule has 18 heavy (non-hydrogen) atoms. The van der Waals surface area contributed by atoms with Crippen molar-refractivity contribution in [2.24, 2.45) is 11.8 Å². The molecular weight excluding hydrogens is 264 g/mol. The summed E-state index contributed by atoms with van der Waals surface area (Å²) in [5.41, 5.74) is 0. The lowest BCUT2D eigenvalue weighted by Gasteiger charge is -2.10. The van der Waals surface area contributed by atoms with Gasteiger partial charge in [0.25, 0.3) is 5.92 Å². The maximum Gasteiger partial charge on any atom is 0.260 e. The summed E-state index contributed by atoms with van der Waals surface area (Å²) in [6.45, 7) is 0. The van der Waals surface area contributed by atoms with Crippen LogP contribution >= 0.6 is 0 Å². The zero-order chi connectivity index (χ0) is 13.4. The van der Waals surface area contributed by atoms with Gasteiger partial charge in [0.1, 0.15) is 5.92 Å². The molecule has 1 unspecified atom stereocenters. The highest BCUT2D eigenvalue weighted by Crippen LogP contribution is 2.48. The number of amides is 1. The van der Waals surface area contributed by atoms with Crippen molar-refractivity contribution in [1.82, 2.24) is 4.72 Å². The molecule has 1 N–H and O–H groups in total. The van der Waals surface area contributed by atoms with Gasteiger partial charge in [-0.25, -0.2) is 17.2 Å². The standard InChI is InChI=1S/C11H17F2NO3S/c12-11(13)7-9(11)10(15)14-18(16,17)6-5-8-3-1-2-4-8/h8-9H,1-7H2,(H,14,15). The van der Waals surface area contributed by atoms with Crippen LogP contribution in [0.15, 0.2) is 0 Å². The Hall–Kier alpha value is -0.720. The number of nitrogens with one attached hydrogen (secondary N) is 1. The smallest absolute Gasteiger partial charge is 0.260 e. The second-order valence-corrected chi connectivity index (χ2v) is 7.08. The average molecular weight is 281 g/mol. The van der Waals surface area contributed by atoms with Crippen LogP contribution in [0.4, 0.5) is 8.78 Å². The molecule has 0 heterocycles. The van der Waals surface area contributed by atoms with Crippen molar-refractivity contribution in [3.05, 3.63) is 0 Å². The number of halogens is 2. The van der Waals surface area contributed by atoms with Crippen molar-refractivity contribution in [2.75, 3.05) is 5.75 Å². The van der Waals surface area contributed by atoms with Crippen LogP contribution in [0.25, 0.3) is 0 Å². The van der Waals surface area contributed by atoms with Crippen molar-refractivity contribution in [1.29, 1.82) is 0 Å². The number of rotatable bonds is 5. The summed E-state index contributed by atoms with van der Waals surface area (Å²) in [4.78, 5) is 11.3. The van der Waals surface area contributed by atoms with E-state index in [1.807, 2.05) is 0 Å². The summed E-state index contributed by atoms with van der Waals surface area (Å²) in [6.07, 6.45) is 4.23. The molecule has 1 atom stereocenters. The first-order valence-electron chi connectivity index (χ1n) is 6.22. The summed E-state index contributed by atoms with van der Waals surface area (Å²) in [5, 5.41) is 0. The lowest BCUT2D eigenvalue weighted by molar-refractivity contribution is -0.122. The monoisotopic (exact) mass is 281 g/mol. The van der Waals surface area contributed by atoms with Crippen molar-refractivity contribution in [2.45, 2.75) is 44.4 Å². The van der Waals surface area contributed by atoms with E-state index in [0.717, 1.165) is 25.7 Å². The van der Waals surface area contributed by atoms with Gasteiger partial charge in [0, 0.05) is 6.42 Å². The molecule has 0 aromatic rings. The lowest BCUT2D eigenvalue weighted by Crippen LogP contribution is -2.35. The first-order valence-corrected chi connectivity index (χ1v) is 7.87. The zero-order valence-electron chi connectivity index (χ0n) is 9.99. The maximum atomic E-state index is 12.6. The predicted molar refractivity (Wildman–Crippen MR) is 61.6 cm³/mol. The van der Waals surface area contributed by atoms with Crippen LogP contribution in [-0.2, 0) is 14.8 Å². The highest BCUT2D eigenvalue weighted by atomic mass is 32.2. The number of carbonyl (C=O) groups is 1. The minimum atomic E-state index is -3.76. The van der Waals surface area contributed by atoms with Gasteiger partial charge >= 0.3 is 0 Å². The largest absolute Gasteiger partial charge is 0.273 e. The molecule has 0 aliphatic heterocycles. The molecule has 2 aliphatic rings. The quantitative estimate of drug-likeness (QED) is 0.833. The Morgan fingerprint density at radius 2 is 1.83 bits per heavy atom. The fourth-order valence-corrected chi connectivity index (χ4v) is 3.59. The van der Waals surface area contributed by atoms with Gasteiger partial charge in [-0.1, -0.05) is 25.7 Å². The molecule has 1 amide bonds. The van der Waals surface area contributed by atoms with Crippen molar-refractivity contribution in [3.63, 3.8) is 0 Å². The van der Waals surface area contributed by atoms with Crippen LogP contribution in [0.5, 0.6) is 0 Å². The fourth-order valence-electron chi connectivity index (χ4n) is 2.39. The van der Waals surface area contributed by atoms with Crippen LogP contribution in [0, 0.1) is 11.8 Å². The molecule has 0 saturated heterocycles. The number of sulfonamides is 1. The second kappa shape index (κ2) is 4.75. The fraction of sp³-hybridized carbons (Fsp3) is 0.909. The molecule has 7 heteroatoms. The number of carbonyl (C=O) groups excluding carboxylic acids is 1. The van der Waals surface area contributed by atoms with E-state index in [1.54, 1.807) is 4.72 Å². The van der Waals surface area contributed by atoms with Crippen LogP contribution in [-0.4, -0.2) is 26.0 Å². The third-order valence-corrected chi connectivity index (χ3v) is 4.95. The minimum absolute atomic E-state index is 0.151. The number of alkyl halides is 2. The molecule has 2 fully saturated rings. The molecule has 0 bridgehead atoms. The summed E-state index contributed by atoms with van der Waals surface area (Å²) >= 11 is 0. The topological polar surface area (TPSA) is 63.2 Å². The Morgan fingerprint density at radius 1 is 1.28 bits per heavy atom. The van der Waals surface area contributed by atoms with Crippen molar-refractivity contribution in [3.8, 4) is 0 Å². The summed E-state index contributed by atoms with van der Waals surface area (Å²) in [6, 6.07) is 0. The number of hydrogen-bond donors (Lipinski definition) is 1. The number of hydrogen-bond acceptors (Lipinski definition) is 3. The first-order chi connectivity index (χ1) is 8.30. The van der Waals surface area contributed by atoms with Crippen molar-refractivity contribution < 1.29 is 22.0 Å². The molecule has 0 aromatic heterocycles. The summed E-state index contributed by atoms with van der Waals surface area (Å²) in [5.74, 6) is -5.31. The highest BCUT2D eigenvalue weighted by Gasteiger charge is 2.61. The molecule has 0 spiro atoms. The van der Waals surface area contributed by atoms with Crippen LogP contribution in [0.1, 0.15) is 38.5 Å². The van der Waals surface area contributed by atoms with E-state index in [4.69, 9.17) is 0 Å². The van der Waals surface area contributed by atoms with E-state index in [9.17, 15) is 22.0 Å². The van der Waals surface area contributed by atoms with E-state index in [2.05, 4.69) is 0 Å². The van der Waals surface area contributed by atoms with Gasteiger partial charge in [-0.15, -0.1) is 0 Å². The molecule has 2 aliphatic carbocycles. The third kappa shape index (κ3) is 3.40. The highest BCUT2D eigenvalue weighted by molar-refractivity contribution is 7.90. The summed E-state index contributed by atoms with van der Waals surface area (Å²) < 4.78 is 50.1. The Labute approximate surface area is 105 Å². The maximum absolute atomic E-state index is 12.6. The average Bonchev–Trinajstić information content (AvgIpc) is 2.71. The van der Waals surface area contributed by atoms with Crippen molar-refractivity contribution >= 4 is 15.9 Å². The van der Waals surface area contributed by atoms with Gasteiger partial charge in [0.15, 0.2) is 0 Å². The van der Waals surface area contributed by atoms with Gasteiger partial charge in [0.05, 0.1) is 5.75 Å². The van der Waals surface area contributed by atoms with E-state index in [1.165, 1.54) is 0 Å². The molecule has 0 radical (unpaired) electrons. The van der Waals surface area contributed by atoms with Crippen LogP contribution in [0.3, 0.4) is 0 Å². The van der Waals surface area contributed by atoms with E-state index in [-0.39, 0.29) is 5.75 Å². The summed E-state index contributed by atoms with van der Waals surface area (Å²) in [7, 11) is -3.76. The Bertz CT molecular complexity index is 430. The zero-order valence-corrected chi connectivity index (χ0v) is 10.8. The van der Waals surface area contributed by atoms with Gasteiger partial charge < -0.3 is 0 Å². The van der Waals surface area contributed by atoms with Gasteiger partial charge in [-0.2, -0.15) is 0 Å². The molecule has 104 valence electrons. The molecule has 2 rings (SSSR count). The Morgan fingerprint density at radius 3 is 2.33 bits per heavy atom. The second-order valence-electron chi connectivity index (χ2n) is 5.24. The van der Waals surface area contributed by atoms with E-state index < -0.39 is 34.2 Å². The van der Waals surface area contributed by atoms with Gasteiger partial charge in [-0.3, -0.25) is 9.52 Å². The van der Waals surface area contributed by atoms with Gasteiger partial charge in [-0.05, 0) is 12.3 Å². The molecular formula is C11H17F2NO3S. The van der Waals surface area contributed by atoms with E-state index >= 15 is 0 Å². The normalized spacial score (nSPS) is 27.1. The first kappa shape index (κ1) is 13.7. The predicted octanol–water partition coefficient (Wildman–Crippen LogP) is 1.67. The lowest BCUT2D eigenvalue weighted by atomic mass is 10.1. The third-order valence-electron chi connectivity index (χ3n) is 3.67. The minimum Gasteiger partial charge on any atom is -0.273 e. The molecule has 2 saturated carbocycles. The SMILES string of the molecule is O=C(NS(=O)(=O)CCC1CCCC1)C1CC1(F)F. The van der Waals surface area contributed by atoms with Crippen LogP contribution < -0.4 is 4.72 Å². The van der Waals surface area contributed by atoms with E-state index in [0.29, 0.717) is 12.3 Å². The van der Waals surface area contributed by atoms with Gasteiger partial charge in [0.2, 0.25) is 15.9 Å². The van der Waals surface area contributed by atoms with Crippen LogP contribution in [0.2, 0.25) is 0 Å². The Kier molecular flexibility index (Phi) is 3.62. The molecule has 4 nitrogen and oxygen atoms in total.